The summed E-state index contributed by atoms with van der Waals surface area (Å²) in [6.07, 6.45) is 1.48. The maximum Gasteiger partial charge on any atom is 0.433 e. The number of fused-ring (bicyclic) bond motifs is 1. The summed E-state index contributed by atoms with van der Waals surface area (Å²) in [6.45, 7) is 1.68. The fourth-order valence-electron chi connectivity index (χ4n) is 4.19. The van der Waals surface area contributed by atoms with E-state index in [4.69, 9.17) is 0 Å². The molecule has 0 amide bonds. The van der Waals surface area contributed by atoms with Gasteiger partial charge in [0.25, 0.3) is 5.56 Å². The van der Waals surface area contributed by atoms with Crippen LogP contribution in [0.5, 0.6) is 0 Å². The summed E-state index contributed by atoms with van der Waals surface area (Å²) in [7, 11) is 0. The van der Waals surface area contributed by atoms with E-state index in [0.29, 0.717) is 17.2 Å². The molecule has 1 aliphatic rings. The zero-order chi connectivity index (χ0) is 24.0. The van der Waals surface area contributed by atoms with Gasteiger partial charge in [-0.15, -0.1) is 0 Å². The zero-order valence-electron chi connectivity index (χ0n) is 17.8. The Labute approximate surface area is 190 Å². The average molecular weight is 466 g/mol. The van der Waals surface area contributed by atoms with Gasteiger partial charge in [0.1, 0.15) is 28.8 Å². The number of nitrogens with one attached hydrogen (secondary N) is 1. The van der Waals surface area contributed by atoms with Gasteiger partial charge in [0.05, 0.1) is 6.04 Å². The van der Waals surface area contributed by atoms with Gasteiger partial charge in [-0.1, -0.05) is 6.07 Å². The van der Waals surface area contributed by atoms with Crippen LogP contribution < -0.4 is 5.56 Å². The predicted octanol–water partition coefficient (Wildman–Crippen LogP) is 3.47. The summed E-state index contributed by atoms with van der Waals surface area (Å²) in [6, 6.07) is 5.17. The van der Waals surface area contributed by atoms with Crippen molar-refractivity contribution < 1.29 is 13.2 Å². The molecule has 34 heavy (non-hydrogen) atoms. The minimum absolute atomic E-state index is 0.00912. The Bertz CT molecular complexity index is 1450. The predicted molar refractivity (Wildman–Crippen MR) is 113 cm³/mol. The molecular formula is C22H17F3N8O. The van der Waals surface area contributed by atoms with E-state index in [2.05, 4.69) is 30.0 Å². The highest BCUT2D eigenvalue weighted by Crippen LogP contribution is 2.46. The molecule has 1 N–H and O–H groups in total. The van der Waals surface area contributed by atoms with E-state index in [1.807, 2.05) is 6.07 Å². The van der Waals surface area contributed by atoms with Gasteiger partial charge >= 0.3 is 6.18 Å². The van der Waals surface area contributed by atoms with Gasteiger partial charge in [-0.2, -0.15) is 23.5 Å². The first-order valence-corrected chi connectivity index (χ1v) is 10.5. The number of halogens is 3. The first-order chi connectivity index (χ1) is 16.3. The number of hydrogen-bond donors (Lipinski definition) is 1. The van der Waals surface area contributed by atoms with Crippen molar-refractivity contribution in [3.8, 4) is 6.07 Å². The average Bonchev–Trinajstić information content (AvgIpc) is 3.17. The molecule has 1 aliphatic carbocycles. The number of rotatable bonds is 4. The summed E-state index contributed by atoms with van der Waals surface area (Å²) in [4.78, 5) is 32.5. The van der Waals surface area contributed by atoms with Crippen LogP contribution in [0.1, 0.15) is 66.2 Å². The largest absolute Gasteiger partial charge is 0.433 e. The lowest BCUT2D eigenvalue weighted by Crippen LogP contribution is -2.28. The van der Waals surface area contributed by atoms with E-state index in [1.54, 1.807) is 25.4 Å². The van der Waals surface area contributed by atoms with Crippen molar-refractivity contribution in [3.63, 3.8) is 0 Å². The first-order valence-electron chi connectivity index (χ1n) is 10.5. The summed E-state index contributed by atoms with van der Waals surface area (Å²) in [5.74, 6) is 0.975. The van der Waals surface area contributed by atoms with Gasteiger partial charge in [-0.05, 0) is 37.5 Å². The van der Waals surface area contributed by atoms with Gasteiger partial charge in [-0.3, -0.25) is 9.78 Å². The molecule has 4 aromatic heterocycles. The quantitative estimate of drug-likeness (QED) is 0.488. The summed E-state index contributed by atoms with van der Waals surface area (Å²) in [5, 5.41) is 13.8. The molecule has 0 saturated heterocycles. The summed E-state index contributed by atoms with van der Waals surface area (Å²) >= 11 is 0. The number of nitriles is 1. The number of aromatic nitrogens is 7. The van der Waals surface area contributed by atoms with Crippen molar-refractivity contribution in [2.45, 2.75) is 43.8 Å². The fourth-order valence-corrected chi connectivity index (χ4v) is 4.19. The number of hydrogen-bond acceptors (Lipinski definition) is 7. The Morgan fingerprint density at radius 3 is 2.50 bits per heavy atom. The third-order valence-electron chi connectivity index (χ3n) is 6.16. The second-order valence-corrected chi connectivity index (χ2v) is 8.10. The zero-order valence-corrected chi connectivity index (χ0v) is 17.8. The number of aromatic amines is 1. The lowest BCUT2D eigenvalue weighted by atomic mass is 9.72. The maximum atomic E-state index is 12.9. The smallest absolute Gasteiger partial charge is 0.310 e. The van der Waals surface area contributed by atoms with Crippen LogP contribution in [0, 0.1) is 11.3 Å². The second kappa shape index (κ2) is 8.02. The van der Waals surface area contributed by atoms with Crippen LogP contribution in [0.25, 0.3) is 11.0 Å². The van der Waals surface area contributed by atoms with Crippen LogP contribution >= 0.6 is 0 Å². The van der Waals surface area contributed by atoms with Crippen LogP contribution in [0.3, 0.4) is 0 Å². The van der Waals surface area contributed by atoms with Crippen molar-refractivity contribution in [1.29, 1.82) is 5.26 Å². The van der Waals surface area contributed by atoms with Crippen LogP contribution in [0.15, 0.2) is 41.6 Å². The molecule has 12 heteroatoms. The molecule has 0 aromatic carbocycles. The van der Waals surface area contributed by atoms with Crippen molar-refractivity contribution in [1.82, 2.24) is 34.7 Å². The van der Waals surface area contributed by atoms with Gasteiger partial charge < -0.3 is 4.98 Å². The minimum Gasteiger partial charge on any atom is -0.310 e. The van der Waals surface area contributed by atoms with Crippen molar-refractivity contribution in [2.75, 3.05) is 0 Å². The number of H-pyrrole nitrogens is 1. The van der Waals surface area contributed by atoms with E-state index in [9.17, 15) is 23.2 Å². The van der Waals surface area contributed by atoms with Gasteiger partial charge in [0.2, 0.25) is 0 Å². The molecule has 172 valence electrons. The van der Waals surface area contributed by atoms with E-state index < -0.39 is 23.5 Å². The molecule has 5 rings (SSSR count). The first kappa shape index (κ1) is 21.7. The van der Waals surface area contributed by atoms with Crippen molar-refractivity contribution in [3.05, 3.63) is 75.7 Å². The highest BCUT2D eigenvalue weighted by Gasteiger charge is 2.38. The van der Waals surface area contributed by atoms with E-state index in [-0.39, 0.29) is 28.6 Å². The molecule has 4 aromatic rings. The highest BCUT2D eigenvalue weighted by molar-refractivity contribution is 5.80. The minimum atomic E-state index is -4.56. The SMILES string of the molecule is CC(c1ccc(C(F)(F)F)nc1)n1nc(C#N)c2c(=O)[nH]c([C@H]3CC[C@@H]3c3ncccn3)nc21. The monoisotopic (exact) mass is 466 g/mol. The van der Waals surface area contributed by atoms with Gasteiger partial charge in [0.15, 0.2) is 11.3 Å². The normalized spacial score (nSPS) is 18.9. The van der Waals surface area contributed by atoms with E-state index >= 15 is 0 Å². The topological polar surface area (TPSA) is 126 Å². The molecule has 0 bridgehead atoms. The molecule has 1 saturated carbocycles. The van der Waals surface area contributed by atoms with Gasteiger partial charge in [0, 0.05) is 30.4 Å². The summed E-state index contributed by atoms with van der Waals surface area (Å²) < 4.78 is 40.0. The lowest BCUT2D eigenvalue weighted by Gasteiger charge is -2.34. The number of alkyl halides is 3. The Balaban J connectivity index is 1.57. The molecule has 0 spiro atoms. The molecule has 1 unspecified atom stereocenters. The Hall–Kier alpha value is -4.14. The van der Waals surface area contributed by atoms with E-state index in [1.165, 1.54) is 10.7 Å². The Kier molecular flexibility index (Phi) is 5.11. The van der Waals surface area contributed by atoms with Crippen molar-refractivity contribution >= 4 is 11.0 Å². The third kappa shape index (κ3) is 3.59. The standard InChI is InChI=1S/C22H17F3N8O/c1-11(12-3-6-16(29-10-12)22(23,24)25)33-20-17(15(9-26)32-33)21(34)31-19(30-20)14-5-4-13(14)18-27-7-2-8-28-18/h2-3,6-8,10-11,13-14H,4-5H2,1H3,(H,30,31,34)/t11?,13-,14-/m0/s1. The molecular weight excluding hydrogens is 449 g/mol. The van der Waals surface area contributed by atoms with Crippen LogP contribution in [-0.2, 0) is 6.18 Å². The second-order valence-electron chi connectivity index (χ2n) is 8.10. The van der Waals surface area contributed by atoms with Gasteiger partial charge in [-0.25, -0.2) is 19.6 Å². The highest BCUT2D eigenvalue weighted by atomic mass is 19.4. The lowest BCUT2D eigenvalue weighted by molar-refractivity contribution is -0.141. The summed E-state index contributed by atoms with van der Waals surface area (Å²) in [5.41, 5.74) is -1.02. The Morgan fingerprint density at radius 2 is 1.91 bits per heavy atom. The number of pyridine rings is 1. The molecule has 9 nitrogen and oxygen atoms in total. The molecule has 1 fully saturated rings. The van der Waals surface area contributed by atoms with Crippen LogP contribution in [-0.4, -0.2) is 34.7 Å². The molecule has 0 aliphatic heterocycles. The fraction of sp³-hybridized carbons (Fsp3) is 0.318. The molecule has 4 heterocycles. The third-order valence-corrected chi connectivity index (χ3v) is 6.16. The van der Waals surface area contributed by atoms with E-state index in [0.717, 1.165) is 25.1 Å². The maximum absolute atomic E-state index is 12.9. The van der Waals surface area contributed by atoms with Crippen molar-refractivity contribution in [2.24, 2.45) is 0 Å². The molecule has 0 radical (unpaired) electrons. The van der Waals surface area contributed by atoms with Crippen LogP contribution in [0.4, 0.5) is 13.2 Å². The van der Waals surface area contributed by atoms with Crippen LogP contribution in [0.2, 0.25) is 0 Å². The Morgan fingerprint density at radius 1 is 1.18 bits per heavy atom. The molecule has 3 atom stereocenters. The number of nitrogens with zero attached hydrogens (tertiary/aromatic N) is 7.